The molecular weight excluding hydrogens is 164 g/mol. The van der Waals surface area contributed by atoms with E-state index in [4.69, 9.17) is 10.4 Å². The predicted octanol–water partition coefficient (Wildman–Crippen LogP) is 0.646. The Morgan fingerprint density at radius 2 is 2.25 bits per heavy atom. The Morgan fingerprint density at radius 3 is 2.58 bits per heavy atom. The van der Waals surface area contributed by atoms with Crippen LogP contribution < -0.4 is 0 Å². The molecule has 0 aliphatic rings. The minimum absolute atomic E-state index is 0.0403. The number of rotatable bonds is 2. The van der Waals surface area contributed by atoms with Crippen LogP contribution in [0.25, 0.3) is 0 Å². The van der Waals surface area contributed by atoms with Gasteiger partial charge in [0.2, 0.25) is 0 Å². The van der Waals surface area contributed by atoms with Gasteiger partial charge in [0.05, 0.1) is 19.6 Å². The van der Waals surface area contributed by atoms with Crippen LogP contribution in [0.5, 0.6) is 0 Å². The van der Waals surface area contributed by atoms with E-state index in [1.807, 2.05) is 0 Å². The van der Waals surface area contributed by atoms with Gasteiger partial charge >= 0.3 is 12.2 Å². The van der Waals surface area contributed by atoms with Gasteiger partial charge in [0, 0.05) is 6.54 Å². The molecule has 0 aromatic carbocycles. The van der Waals surface area contributed by atoms with E-state index >= 15 is 0 Å². The smallest absolute Gasteiger partial charge is 0.419 e. The van der Waals surface area contributed by atoms with E-state index in [2.05, 4.69) is 4.74 Å². The number of methoxy groups -OCH3 is 1. The van der Waals surface area contributed by atoms with Crippen LogP contribution in [0, 0.1) is 11.3 Å². The first-order chi connectivity index (χ1) is 5.63. The lowest BCUT2D eigenvalue weighted by Crippen LogP contribution is -2.36. The van der Waals surface area contributed by atoms with Gasteiger partial charge in [0.25, 0.3) is 0 Å². The van der Waals surface area contributed by atoms with Crippen LogP contribution in [0.3, 0.4) is 0 Å². The molecule has 6 heteroatoms. The second-order valence-corrected chi connectivity index (χ2v) is 1.81. The van der Waals surface area contributed by atoms with Gasteiger partial charge in [-0.2, -0.15) is 5.26 Å². The summed E-state index contributed by atoms with van der Waals surface area (Å²) in [6.07, 6.45) is -2.43. The van der Waals surface area contributed by atoms with Gasteiger partial charge in [-0.15, -0.1) is 0 Å². The maximum absolute atomic E-state index is 10.7. The number of ether oxygens (including phenoxy) is 1. The molecule has 0 aliphatic carbocycles. The average molecular weight is 172 g/mol. The van der Waals surface area contributed by atoms with Crippen LogP contribution in [0.1, 0.15) is 6.42 Å². The zero-order valence-electron chi connectivity index (χ0n) is 6.48. The maximum Gasteiger partial charge on any atom is 0.419 e. The summed E-state index contributed by atoms with van der Waals surface area (Å²) in [6, 6.07) is 1.72. The van der Waals surface area contributed by atoms with Crippen molar-refractivity contribution in [2.24, 2.45) is 0 Å². The fourth-order valence-electron chi connectivity index (χ4n) is 0.537. The third kappa shape index (κ3) is 2.88. The van der Waals surface area contributed by atoms with Gasteiger partial charge < -0.3 is 9.84 Å². The molecule has 0 aliphatic heterocycles. The zero-order valence-corrected chi connectivity index (χ0v) is 6.48. The Labute approximate surface area is 68.9 Å². The third-order valence-corrected chi connectivity index (χ3v) is 1.07. The Morgan fingerprint density at radius 1 is 1.67 bits per heavy atom. The van der Waals surface area contributed by atoms with E-state index in [1.165, 1.54) is 0 Å². The molecule has 12 heavy (non-hydrogen) atoms. The molecule has 0 atom stereocenters. The quantitative estimate of drug-likeness (QED) is 0.660. The zero-order chi connectivity index (χ0) is 9.56. The summed E-state index contributed by atoms with van der Waals surface area (Å²) in [5.74, 6) is 0. The predicted molar refractivity (Wildman–Crippen MR) is 37.4 cm³/mol. The second kappa shape index (κ2) is 4.96. The number of carbonyl (C=O) groups excluding carboxylic acids is 1. The van der Waals surface area contributed by atoms with Gasteiger partial charge in [-0.3, -0.25) is 0 Å². The molecule has 0 rings (SSSR count). The van der Waals surface area contributed by atoms with Gasteiger partial charge in [-0.25, -0.2) is 14.5 Å². The minimum Gasteiger partial charge on any atom is -0.465 e. The number of nitriles is 1. The summed E-state index contributed by atoms with van der Waals surface area (Å²) in [5.41, 5.74) is 0. The lowest BCUT2D eigenvalue weighted by Gasteiger charge is -2.12. The number of nitrogens with zero attached hydrogens (tertiary/aromatic N) is 2. The summed E-state index contributed by atoms with van der Waals surface area (Å²) in [4.78, 5) is 21.4. The van der Waals surface area contributed by atoms with E-state index in [9.17, 15) is 9.59 Å². The highest BCUT2D eigenvalue weighted by Crippen LogP contribution is 1.95. The van der Waals surface area contributed by atoms with Crippen molar-refractivity contribution in [3.05, 3.63) is 0 Å². The SMILES string of the molecule is COC(=O)N(CCC#N)C(=O)O. The van der Waals surface area contributed by atoms with Crippen molar-refractivity contribution in [3.8, 4) is 6.07 Å². The van der Waals surface area contributed by atoms with Gasteiger partial charge in [-0.1, -0.05) is 0 Å². The van der Waals surface area contributed by atoms with E-state index in [0.717, 1.165) is 7.11 Å². The Kier molecular flexibility index (Phi) is 4.23. The summed E-state index contributed by atoms with van der Waals surface area (Å²) < 4.78 is 4.17. The van der Waals surface area contributed by atoms with Crippen LogP contribution in [-0.4, -0.2) is 35.8 Å². The summed E-state index contributed by atoms with van der Waals surface area (Å²) in [6.45, 7) is -0.168. The van der Waals surface area contributed by atoms with E-state index in [-0.39, 0.29) is 13.0 Å². The fourth-order valence-corrected chi connectivity index (χ4v) is 0.537. The summed E-state index contributed by atoms with van der Waals surface area (Å²) in [5, 5.41) is 16.5. The number of carboxylic acid groups (broad SMARTS) is 1. The molecular formula is C6H8N2O4. The summed E-state index contributed by atoms with van der Waals surface area (Å²) >= 11 is 0. The first-order valence-corrected chi connectivity index (χ1v) is 3.08. The Bertz CT molecular complexity index is 220. The van der Waals surface area contributed by atoms with E-state index in [0.29, 0.717) is 4.90 Å². The lowest BCUT2D eigenvalue weighted by atomic mass is 10.4. The van der Waals surface area contributed by atoms with Crippen molar-refractivity contribution in [1.82, 2.24) is 4.90 Å². The van der Waals surface area contributed by atoms with Gasteiger partial charge in [0.15, 0.2) is 0 Å². The molecule has 0 saturated carbocycles. The van der Waals surface area contributed by atoms with E-state index < -0.39 is 12.2 Å². The lowest BCUT2D eigenvalue weighted by molar-refractivity contribution is 0.110. The largest absolute Gasteiger partial charge is 0.465 e. The molecule has 0 heterocycles. The topological polar surface area (TPSA) is 90.6 Å². The first-order valence-electron chi connectivity index (χ1n) is 3.08. The number of amides is 2. The molecule has 0 bridgehead atoms. The summed E-state index contributed by atoms with van der Waals surface area (Å²) in [7, 11) is 1.07. The molecule has 0 radical (unpaired) electrons. The van der Waals surface area contributed by atoms with Crippen LogP contribution in [0.2, 0.25) is 0 Å². The normalized spacial score (nSPS) is 8.33. The van der Waals surface area contributed by atoms with Crippen LogP contribution >= 0.6 is 0 Å². The number of carbonyl (C=O) groups is 2. The minimum atomic E-state index is -1.42. The molecule has 0 unspecified atom stereocenters. The second-order valence-electron chi connectivity index (χ2n) is 1.81. The van der Waals surface area contributed by atoms with Crippen LogP contribution in [-0.2, 0) is 4.74 Å². The van der Waals surface area contributed by atoms with Crippen molar-refractivity contribution in [1.29, 1.82) is 5.26 Å². The Hall–Kier alpha value is -1.77. The molecule has 1 N–H and O–H groups in total. The Balaban J connectivity index is 4.15. The number of imide groups is 1. The fraction of sp³-hybridized carbons (Fsp3) is 0.500. The van der Waals surface area contributed by atoms with Crippen molar-refractivity contribution in [3.63, 3.8) is 0 Å². The number of hydrogen-bond donors (Lipinski definition) is 1. The van der Waals surface area contributed by atoms with Crippen LogP contribution in [0.15, 0.2) is 0 Å². The molecule has 0 saturated heterocycles. The maximum atomic E-state index is 10.7. The molecule has 66 valence electrons. The van der Waals surface area contributed by atoms with Gasteiger partial charge in [-0.05, 0) is 0 Å². The van der Waals surface area contributed by atoms with Crippen molar-refractivity contribution in [2.45, 2.75) is 6.42 Å². The molecule has 0 spiro atoms. The standard InChI is InChI=1S/C6H8N2O4/c1-12-6(11)8(5(9)10)4-2-3-7/h2,4H2,1H3,(H,9,10). The van der Waals surface area contributed by atoms with Crippen molar-refractivity contribution < 1.29 is 19.4 Å². The molecule has 0 aromatic rings. The van der Waals surface area contributed by atoms with E-state index in [1.54, 1.807) is 6.07 Å². The van der Waals surface area contributed by atoms with Crippen molar-refractivity contribution >= 4 is 12.2 Å². The highest BCUT2D eigenvalue weighted by Gasteiger charge is 2.20. The molecule has 0 fully saturated rings. The van der Waals surface area contributed by atoms with Crippen LogP contribution in [0.4, 0.5) is 9.59 Å². The van der Waals surface area contributed by atoms with Gasteiger partial charge in [0.1, 0.15) is 0 Å². The third-order valence-electron chi connectivity index (χ3n) is 1.07. The van der Waals surface area contributed by atoms with Crippen molar-refractivity contribution in [2.75, 3.05) is 13.7 Å². The first kappa shape index (κ1) is 10.2. The molecule has 0 aromatic heterocycles. The number of hydrogen-bond acceptors (Lipinski definition) is 4. The average Bonchev–Trinajstić information content (AvgIpc) is 2.04. The monoisotopic (exact) mass is 172 g/mol. The highest BCUT2D eigenvalue weighted by atomic mass is 16.5. The highest BCUT2D eigenvalue weighted by molar-refractivity contribution is 5.86. The molecule has 6 nitrogen and oxygen atoms in total. The molecule has 2 amide bonds.